The first-order valence-corrected chi connectivity index (χ1v) is 6.47. The van der Waals surface area contributed by atoms with Gasteiger partial charge in [0.25, 0.3) is 0 Å². The van der Waals surface area contributed by atoms with E-state index in [1.165, 1.54) is 0 Å². The Morgan fingerprint density at radius 2 is 1.36 bits per heavy atom. The molecule has 1 saturated heterocycles. The monoisotopic (exact) mass is 318 g/mol. The molecule has 0 aromatic rings. The summed E-state index contributed by atoms with van der Waals surface area (Å²) in [6.07, 6.45) is -2.43. The van der Waals surface area contributed by atoms with E-state index in [-0.39, 0.29) is 13.2 Å². The highest BCUT2D eigenvalue weighted by molar-refractivity contribution is 5.70. The van der Waals surface area contributed by atoms with Gasteiger partial charge in [-0.05, 0) is 0 Å². The number of carbonyl (C=O) groups is 4. The van der Waals surface area contributed by atoms with Gasteiger partial charge < -0.3 is 23.7 Å². The summed E-state index contributed by atoms with van der Waals surface area (Å²) in [7, 11) is 0. The summed E-state index contributed by atoms with van der Waals surface area (Å²) >= 11 is 0. The third-order valence-electron chi connectivity index (χ3n) is 2.60. The van der Waals surface area contributed by atoms with Gasteiger partial charge in [-0.1, -0.05) is 0 Å². The molecule has 0 spiro atoms. The summed E-state index contributed by atoms with van der Waals surface area (Å²) in [6.45, 7) is 3.98. The first-order chi connectivity index (χ1) is 10.2. The number of rotatable bonds is 4. The Labute approximate surface area is 126 Å². The van der Waals surface area contributed by atoms with Gasteiger partial charge in [-0.2, -0.15) is 0 Å². The Morgan fingerprint density at radius 3 is 1.77 bits per heavy atom. The van der Waals surface area contributed by atoms with E-state index in [4.69, 9.17) is 23.7 Å². The lowest BCUT2D eigenvalue weighted by Gasteiger charge is -2.43. The molecule has 1 heterocycles. The molecule has 0 N–H and O–H groups in total. The molecule has 9 heteroatoms. The van der Waals surface area contributed by atoms with Crippen LogP contribution in [0.5, 0.6) is 0 Å². The number of esters is 4. The topological polar surface area (TPSA) is 114 Å². The van der Waals surface area contributed by atoms with Crippen LogP contribution in [-0.4, -0.2) is 55.1 Å². The van der Waals surface area contributed by atoms with Crippen LogP contribution in [0.15, 0.2) is 0 Å². The van der Waals surface area contributed by atoms with E-state index in [0.29, 0.717) is 0 Å². The van der Waals surface area contributed by atoms with Gasteiger partial charge in [0.05, 0.1) is 6.61 Å². The van der Waals surface area contributed by atoms with Crippen LogP contribution in [0.2, 0.25) is 0 Å². The Bertz CT molecular complexity index is 454. The summed E-state index contributed by atoms with van der Waals surface area (Å²) in [4.78, 5) is 45.2. The lowest BCUT2D eigenvalue weighted by atomic mass is 10.0. The summed E-state index contributed by atoms with van der Waals surface area (Å²) < 4.78 is 25.3. The minimum atomic E-state index is -2.01. The maximum absolute atomic E-state index is 11.3. The molecule has 0 amide bonds. The second-order valence-corrected chi connectivity index (χ2v) is 4.69. The summed E-state index contributed by atoms with van der Waals surface area (Å²) in [5, 5.41) is 0. The molecule has 2 atom stereocenters. The van der Waals surface area contributed by atoms with Crippen molar-refractivity contribution in [2.45, 2.75) is 45.7 Å². The second-order valence-electron chi connectivity index (χ2n) is 4.69. The minimum Gasteiger partial charge on any atom is -0.456 e. The van der Waals surface area contributed by atoms with E-state index < -0.39 is 41.9 Å². The standard InChI is InChI=1S/C13H18O9/c1-7(14)19-11-5-18-6-13(21-9(3)16,22-10(4)17)12(11)20-8(2)15/h11-12H,5-6H2,1-4H3/t11-,12+/m0/s1. The van der Waals surface area contributed by atoms with Crippen LogP contribution in [0.1, 0.15) is 27.7 Å². The zero-order chi connectivity index (χ0) is 16.9. The number of carbonyl (C=O) groups excluding carboxylic acids is 4. The summed E-state index contributed by atoms with van der Waals surface area (Å²) in [5.74, 6) is -4.97. The highest BCUT2D eigenvalue weighted by Gasteiger charge is 2.56. The molecule has 1 rings (SSSR count). The van der Waals surface area contributed by atoms with Gasteiger partial charge in [-0.15, -0.1) is 0 Å². The molecule has 0 saturated carbocycles. The Balaban J connectivity index is 3.20. The zero-order valence-corrected chi connectivity index (χ0v) is 12.7. The normalized spacial score (nSPS) is 23.1. The summed E-state index contributed by atoms with van der Waals surface area (Å²) in [5.41, 5.74) is 0. The Kier molecular flexibility index (Phi) is 5.86. The molecular formula is C13H18O9. The molecule has 0 radical (unpaired) electrons. The lowest BCUT2D eigenvalue weighted by Crippen LogP contribution is -2.64. The first kappa shape index (κ1) is 17.9. The summed E-state index contributed by atoms with van der Waals surface area (Å²) in [6, 6.07) is 0. The molecule has 22 heavy (non-hydrogen) atoms. The molecule has 9 nitrogen and oxygen atoms in total. The smallest absolute Gasteiger partial charge is 0.320 e. The van der Waals surface area contributed by atoms with Crippen molar-refractivity contribution in [1.82, 2.24) is 0 Å². The quantitative estimate of drug-likeness (QED) is 0.391. The molecule has 1 fully saturated rings. The molecule has 0 aromatic heterocycles. The van der Waals surface area contributed by atoms with Crippen molar-refractivity contribution in [2.24, 2.45) is 0 Å². The van der Waals surface area contributed by atoms with Crippen molar-refractivity contribution in [3.8, 4) is 0 Å². The minimum absolute atomic E-state index is 0.109. The third-order valence-corrected chi connectivity index (χ3v) is 2.60. The van der Waals surface area contributed by atoms with Gasteiger partial charge in [0.2, 0.25) is 6.10 Å². The highest BCUT2D eigenvalue weighted by atomic mass is 16.8. The largest absolute Gasteiger partial charge is 0.456 e. The van der Waals surface area contributed by atoms with Gasteiger partial charge in [-0.3, -0.25) is 19.2 Å². The van der Waals surface area contributed by atoms with Crippen molar-refractivity contribution in [2.75, 3.05) is 13.2 Å². The van der Waals surface area contributed by atoms with E-state index in [9.17, 15) is 19.2 Å². The van der Waals surface area contributed by atoms with Crippen molar-refractivity contribution >= 4 is 23.9 Å². The average Bonchev–Trinajstić information content (AvgIpc) is 2.30. The van der Waals surface area contributed by atoms with Gasteiger partial charge in [-0.25, -0.2) is 0 Å². The van der Waals surface area contributed by atoms with Gasteiger partial charge in [0.1, 0.15) is 6.61 Å². The number of ether oxygens (including phenoxy) is 5. The number of hydrogen-bond donors (Lipinski definition) is 0. The van der Waals surface area contributed by atoms with Crippen LogP contribution >= 0.6 is 0 Å². The Hall–Kier alpha value is -2.16. The Morgan fingerprint density at radius 1 is 0.864 bits per heavy atom. The average molecular weight is 318 g/mol. The van der Waals surface area contributed by atoms with Gasteiger partial charge >= 0.3 is 29.7 Å². The SMILES string of the molecule is CC(=O)O[C@H]1COCC(OC(C)=O)(OC(C)=O)[C@@H]1OC(C)=O. The van der Waals surface area contributed by atoms with Crippen LogP contribution in [-0.2, 0) is 42.9 Å². The predicted molar refractivity (Wildman–Crippen MR) is 68.2 cm³/mol. The maximum Gasteiger partial charge on any atom is 0.320 e. The van der Waals surface area contributed by atoms with Crippen molar-refractivity contribution < 1.29 is 42.9 Å². The van der Waals surface area contributed by atoms with E-state index in [2.05, 4.69) is 0 Å². The maximum atomic E-state index is 11.3. The molecular weight excluding hydrogens is 300 g/mol. The molecule has 1 aliphatic rings. The van der Waals surface area contributed by atoms with Crippen molar-refractivity contribution in [3.05, 3.63) is 0 Å². The second kappa shape index (κ2) is 7.21. The molecule has 0 aliphatic carbocycles. The fourth-order valence-electron chi connectivity index (χ4n) is 2.11. The van der Waals surface area contributed by atoms with E-state index in [0.717, 1.165) is 27.7 Å². The van der Waals surface area contributed by atoms with E-state index >= 15 is 0 Å². The zero-order valence-electron chi connectivity index (χ0n) is 12.7. The van der Waals surface area contributed by atoms with Crippen LogP contribution in [0.4, 0.5) is 0 Å². The molecule has 124 valence electrons. The molecule has 1 aliphatic heterocycles. The van der Waals surface area contributed by atoms with E-state index in [1.54, 1.807) is 0 Å². The molecule has 0 bridgehead atoms. The molecule has 0 aromatic carbocycles. The van der Waals surface area contributed by atoms with Crippen LogP contribution in [0.3, 0.4) is 0 Å². The van der Waals surface area contributed by atoms with Crippen LogP contribution in [0, 0.1) is 0 Å². The van der Waals surface area contributed by atoms with Crippen LogP contribution in [0.25, 0.3) is 0 Å². The number of hydrogen-bond acceptors (Lipinski definition) is 9. The van der Waals surface area contributed by atoms with Crippen LogP contribution < -0.4 is 0 Å². The molecule has 0 unspecified atom stereocenters. The van der Waals surface area contributed by atoms with Crippen molar-refractivity contribution in [3.63, 3.8) is 0 Å². The highest BCUT2D eigenvalue weighted by Crippen LogP contribution is 2.31. The van der Waals surface area contributed by atoms with Gasteiger partial charge in [0.15, 0.2) is 6.10 Å². The predicted octanol–water partition coefficient (Wildman–Crippen LogP) is -0.297. The van der Waals surface area contributed by atoms with E-state index in [1.807, 2.05) is 0 Å². The van der Waals surface area contributed by atoms with Gasteiger partial charge in [0, 0.05) is 27.7 Å². The van der Waals surface area contributed by atoms with Crippen molar-refractivity contribution in [1.29, 1.82) is 0 Å². The fraction of sp³-hybridized carbons (Fsp3) is 0.692. The lowest BCUT2D eigenvalue weighted by molar-refractivity contribution is -0.315. The fourth-order valence-corrected chi connectivity index (χ4v) is 2.11. The third kappa shape index (κ3) is 4.69. The first-order valence-electron chi connectivity index (χ1n) is 6.47.